The SMILES string of the molecule is O=C(Nc1cccc(OCCOc2ccccc2)c1)C1CCCCC1. The van der Waals surface area contributed by atoms with Gasteiger partial charge in [0, 0.05) is 17.7 Å². The summed E-state index contributed by atoms with van der Waals surface area (Å²) in [6.45, 7) is 0.928. The van der Waals surface area contributed by atoms with E-state index in [0.29, 0.717) is 13.2 Å². The van der Waals surface area contributed by atoms with Gasteiger partial charge in [-0.05, 0) is 37.1 Å². The second-order valence-corrected chi connectivity index (χ2v) is 6.36. The number of rotatable bonds is 7. The van der Waals surface area contributed by atoms with E-state index in [2.05, 4.69) is 5.32 Å². The Morgan fingerprint density at radius 1 is 0.880 bits per heavy atom. The van der Waals surface area contributed by atoms with Gasteiger partial charge in [0.1, 0.15) is 24.7 Å². The molecule has 0 unspecified atom stereocenters. The van der Waals surface area contributed by atoms with E-state index in [0.717, 1.165) is 42.9 Å². The van der Waals surface area contributed by atoms with Gasteiger partial charge < -0.3 is 14.8 Å². The Kier molecular flexibility index (Phi) is 6.32. The molecule has 2 aromatic carbocycles. The molecule has 132 valence electrons. The maximum atomic E-state index is 12.3. The molecular weight excluding hydrogens is 314 g/mol. The monoisotopic (exact) mass is 339 g/mol. The Morgan fingerprint density at radius 2 is 1.56 bits per heavy atom. The van der Waals surface area contributed by atoms with Crippen molar-refractivity contribution in [3.05, 3.63) is 54.6 Å². The molecule has 1 aliphatic rings. The molecule has 4 nitrogen and oxygen atoms in total. The molecular formula is C21H25NO3. The number of anilines is 1. The number of hydrogen-bond acceptors (Lipinski definition) is 3. The molecule has 0 saturated heterocycles. The van der Waals surface area contributed by atoms with Gasteiger partial charge in [0.05, 0.1) is 0 Å². The Labute approximate surface area is 149 Å². The van der Waals surface area contributed by atoms with E-state index >= 15 is 0 Å². The van der Waals surface area contributed by atoms with Crippen LogP contribution in [-0.4, -0.2) is 19.1 Å². The van der Waals surface area contributed by atoms with Crippen LogP contribution in [0.3, 0.4) is 0 Å². The van der Waals surface area contributed by atoms with Crippen molar-refractivity contribution in [3.8, 4) is 11.5 Å². The van der Waals surface area contributed by atoms with Crippen LogP contribution in [0.25, 0.3) is 0 Å². The third-order valence-electron chi connectivity index (χ3n) is 4.44. The van der Waals surface area contributed by atoms with Gasteiger partial charge in [-0.3, -0.25) is 4.79 Å². The fraction of sp³-hybridized carbons (Fsp3) is 0.381. The van der Waals surface area contributed by atoms with Crippen LogP contribution in [0.15, 0.2) is 54.6 Å². The summed E-state index contributed by atoms with van der Waals surface area (Å²) in [5.41, 5.74) is 0.789. The molecule has 0 aromatic heterocycles. The smallest absolute Gasteiger partial charge is 0.227 e. The first-order chi connectivity index (χ1) is 12.3. The highest BCUT2D eigenvalue weighted by atomic mass is 16.5. The van der Waals surface area contributed by atoms with Crippen molar-refractivity contribution >= 4 is 11.6 Å². The van der Waals surface area contributed by atoms with E-state index in [1.54, 1.807) is 0 Å². The van der Waals surface area contributed by atoms with E-state index in [-0.39, 0.29) is 11.8 Å². The van der Waals surface area contributed by atoms with Crippen molar-refractivity contribution in [2.24, 2.45) is 5.92 Å². The molecule has 3 rings (SSSR count). The minimum atomic E-state index is 0.129. The number of ether oxygens (including phenoxy) is 2. The number of nitrogens with one attached hydrogen (secondary N) is 1. The van der Waals surface area contributed by atoms with E-state index in [9.17, 15) is 4.79 Å². The maximum absolute atomic E-state index is 12.3. The predicted octanol–water partition coefficient (Wildman–Crippen LogP) is 4.66. The Bertz CT molecular complexity index is 666. The van der Waals surface area contributed by atoms with E-state index < -0.39 is 0 Å². The summed E-state index contributed by atoms with van der Waals surface area (Å²) in [6, 6.07) is 17.2. The second kappa shape index (κ2) is 9.11. The number of benzene rings is 2. The predicted molar refractivity (Wildman–Crippen MR) is 99.1 cm³/mol. The summed E-state index contributed by atoms with van der Waals surface area (Å²) in [7, 11) is 0. The largest absolute Gasteiger partial charge is 0.490 e. The van der Waals surface area contributed by atoms with Gasteiger partial charge in [0.15, 0.2) is 0 Å². The first kappa shape index (κ1) is 17.3. The van der Waals surface area contributed by atoms with Crippen molar-refractivity contribution < 1.29 is 14.3 Å². The molecule has 1 fully saturated rings. The minimum absolute atomic E-state index is 0.129. The van der Waals surface area contributed by atoms with E-state index in [4.69, 9.17) is 9.47 Å². The molecule has 4 heteroatoms. The summed E-state index contributed by atoms with van der Waals surface area (Å²) in [5.74, 6) is 1.85. The summed E-state index contributed by atoms with van der Waals surface area (Å²) >= 11 is 0. The Balaban J connectivity index is 1.45. The molecule has 0 aliphatic heterocycles. The van der Waals surface area contributed by atoms with Gasteiger partial charge >= 0.3 is 0 Å². The highest BCUT2D eigenvalue weighted by molar-refractivity contribution is 5.92. The average molecular weight is 339 g/mol. The molecule has 25 heavy (non-hydrogen) atoms. The Hall–Kier alpha value is -2.49. The van der Waals surface area contributed by atoms with E-state index in [1.807, 2.05) is 54.6 Å². The molecule has 2 aromatic rings. The van der Waals surface area contributed by atoms with Crippen molar-refractivity contribution in [3.63, 3.8) is 0 Å². The fourth-order valence-corrected chi connectivity index (χ4v) is 3.11. The van der Waals surface area contributed by atoms with Crippen LogP contribution in [0.4, 0.5) is 5.69 Å². The lowest BCUT2D eigenvalue weighted by Gasteiger charge is -2.20. The van der Waals surface area contributed by atoms with Crippen LogP contribution < -0.4 is 14.8 Å². The van der Waals surface area contributed by atoms with Gasteiger partial charge in [0.2, 0.25) is 5.91 Å². The number of para-hydroxylation sites is 1. The third-order valence-corrected chi connectivity index (χ3v) is 4.44. The first-order valence-corrected chi connectivity index (χ1v) is 9.03. The van der Waals surface area contributed by atoms with Crippen LogP contribution in [-0.2, 0) is 4.79 Å². The zero-order valence-corrected chi connectivity index (χ0v) is 14.4. The molecule has 1 N–H and O–H groups in total. The quantitative estimate of drug-likeness (QED) is 0.746. The van der Waals surface area contributed by atoms with Crippen molar-refractivity contribution in [2.45, 2.75) is 32.1 Å². The van der Waals surface area contributed by atoms with Gasteiger partial charge in [0.25, 0.3) is 0 Å². The molecule has 0 spiro atoms. The van der Waals surface area contributed by atoms with Crippen LogP contribution in [0, 0.1) is 5.92 Å². The molecule has 0 heterocycles. The van der Waals surface area contributed by atoms with Crippen molar-refractivity contribution in [1.29, 1.82) is 0 Å². The molecule has 0 atom stereocenters. The van der Waals surface area contributed by atoms with Gasteiger partial charge in [-0.15, -0.1) is 0 Å². The second-order valence-electron chi connectivity index (χ2n) is 6.36. The minimum Gasteiger partial charge on any atom is -0.490 e. The lowest BCUT2D eigenvalue weighted by Crippen LogP contribution is -2.24. The molecule has 0 bridgehead atoms. The average Bonchev–Trinajstić information content (AvgIpc) is 2.67. The molecule has 1 amide bonds. The number of carbonyl (C=O) groups is 1. The standard InChI is InChI=1S/C21H25NO3/c23-21(17-8-3-1-4-9-17)22-18-10-7-13-20(16-18)25-15-14-24-19-11-5-2-6-12-19/h2,5-7,10-13,16-17H,1,3-4,8-9,14-15H2,(H,22,23). The first-order valence-electron chi connectivity index (χ1n) is 9.03. The molecule has 0 radical (unpaired) electrons. The topological polar surface area (TPSA) is 47.6 Å². The van der Waals surface area contributed by atoms with Crippen LogP contribution in [0.5, 0.6) is 11.5 Å². The summed E-state index contributed by atoms with van der Waals surface area (Å²) in [6.07, 6.45) is 5.56. The number of amides is 1. The summed E-state index contributed by atoms with van der Waals surface area (Å²) in [4.78, 5) is 12.3. The normalized spacial score (nSPS) is 14.7. The summed E-state index contributed by atoms with van der Waals surface area (Å²) in [5, 5.41) is 3.02. The lowest BCUT2D eigenvalue weighted by atomic mass is 9.88. The molecule has 1 saturated carbocycles. The number of hydrogen-bond donors (Lipinski definition) is 1. The van der Waals surface area contributed by atoms with E-state index in [1.165, 1.54) is 6.42 Å². The third kappa shape index (κ3) is 5.52. The van der Waals surface area contributed by atoms with Crippen molar-refractivity contribution in [2.75, 3.05) is 18.5 Å². The lowest BCUT2D eigenvalue weighted by molar-refractivity contribution is -0.120. The number of carbonyl (C=O) groups excluding carboxylic acids is 1. The zero-order chi connectivity index (χ0) is 17.3. The van der Waals surface area contributed by atoms with Gasteiger partial charge in [-0.2, -0.15) is 0 Å². The van der Waals surface area contributed by atoms with Crippen LogP contribution in [0.2, 0.25) is 0 Å². The van der Waals surface area contributed by atoms with Crippen molar-refractivity contribution in [1.82, 2.24) is 0 Å². The fourth-order valence-electron chi connectivity index (χ4n) is 3.11. The van der Waals surface area contributed by atoms with Gasteiger partial charge in [-0.25, -0.2) is 0 Å². The Morgan fingerprint density at radius 3 is 2.32 bits per heavy atom. The van der Waals surface area contributed by atoms with Gasteiger partial charge in [-0.1, -0.05) is 43.5 Å². The highest BCUT2D eigenvalue weighted by Crippen LogP contribution is 2.25. The maximum Gasteiger partial charge on any atom is 0.227 e. The van der Waals surface area contributed by atoms with Crippen LogP contribution in [0.1, 0.15) is 32.1 Å². The zero-order valence-electron chi connectivity index (χ0n) is 14.4. The highest BCUT2D eigenvalue weighted by Gasteiger charge is 2.21. The van der Waals surface area contributed by atoms with Crippen LogP contribution >= 0.6 is 0 Å². The summed E-state index contributed by atoms with van der Waals surface area (Å²) < 4.78 is 11.3. The molecule has 1 aliphatic carbocycles.